The van der Waals surface area contributed by atoms with Gasteiger partial charge in [-0.1, -0.05) is 0 Å². The fraction of sp³-hybridized carbons (Fsp3) is 0.875. The first-order chi connectivity index (χ1) is 5.58. The lowest BCUT2D eigenvalue weighted by Gasteiger charge is -2.34. The van der Waals surface area contributed by atoms with Crippen molar-refractivity contribution in [3.8, 4) is 0 Å². The van der Waals surface area contributed by atoms with Crippen molar-refractivity contribution in [3.05, 3.63) is 0 Å². The second kappa shape index (κ2) is 3.87. The molecule has 12 heavy (non-hydrogen) atoms. The molecule has 0 radical (unpaired) electrons. The van der Waals surface area contributed by atoms with Gasteiger partial charge in [0.2, 0.25) is 5.91 Å². The van der Waals surface area contributed by atoms with Gasteiger partial charge in [-0.25, -0.2) is 0 Å². The predicted molar refractivity (Wildman–Crippen MR) is 45.4 cm³/mol. The smallest absolute Gasteiger partial charge is 0.231 e. The molecule has 0 aromatic rings. The fourth-order valence-corrected chi connectivity index (χ4v) is 1.62. The molecule has 1 aliphatic carbocycles. The minimum Gasteiger partial charge on any atom is -0.393 e. The molecule has 0 saturated heterocycles. The number of rotatable bonds is 4. The molecule has 1 amide bonds. The summed E-state index contributed by atoms with van der Waals surface area (Å²) in [4.78, 5) is 12.4. The van der Waals surface area contributed by atoms with E-state index in [9.17, 15) is 4.79 Å². The number of nitrogens with two attached hydrogens (primary N) is 1. The Balaban J connectivity index is 2.10. The zero-order valence-electron chi connectivity index (χ0n) is 7.36. The van der Waals surface area contributed by atoms with Gasteiger partial charge < -0.3 is 10.8 Å². The molecule has 0 unspecified atom stereocenters. The highest BCUT2D eigenvalue weighted by molar-refractivity contribution is 5.75. The molecule has 0 aromatic heterocycles. The number of aliphatic hydroxyl groups excluding tert-OH is 1. The van der Waals surface area contributed by atoms with Crippen LogP contribution in [0.15, 0.2) is 0 Å². The predicted octanol–water partition coefficient (Wildman–Crippen LogP) is -0.826. The molecule has 0 atom stereocenters. The molecule has 1 saturated carbocycles. The average molecular weight is 172 g/mol. The van der Waals surface area contributed by atoms with Crippen LogP contribution in [0, 0.1) is 5.92 Å². The van der Waals surface area contributed by atoms with Crippen LogP contribution in [0.1, 0.15) is 12.8 Å². The van der Waals surface area contributed by atoms with E-state index in [0.717, 1.165) is 19.4 Å². The molecule has 3 N–H and O–H groups in total. The number of carbonyl (C=O) groups excluding carboxylic acids is 1. The van der Waals surface area contributed by atoms with Crippen LogP contribution in [0.5, 0.6) is 0 Å². The molecule has 1 rings (SSSR count). The second-order valence-corrected chi connectivity index (χ2v) is 3.65. The van der Waals surface area contributed by atoms with Gasteiger partial charge in [-0.3, -0.25) is 9.69 Å². The van der Waals surface area contributed by atoms with E-state index in [1.165, 1.54) is 0 Å². The zero-order chi connectivity index (χ0) is 9.14. The third-order valence-corrected chi connectivity index (χ3v) is 2.21. The third kappa shape index (κ3) is 2.79. The molecular weight excluding hydrogens is 156 g/mol. The molecule has 0 spiro atoms. The maximum Gasteiger partial charge on any atom is 0.231 e. The number of hydrogen-bond acceptors (Lipinski definition) is 3. The minimum atomic E-state index is -0.294. The van der Waals surface area contributed by atoms with Crippen LogP contribution in [0.4, 0.5) is 0 Å². The van der Waals surface area contributed by atoms with Gasteiger partial charge in [0.1, 0.15) is 0 Å². The van der Waals surface area contributed by atoms with E-state index >= 15 is 0 Å². The van der Waals surface area contributed by atoms with Crippen LogP contribution in [0.3, 0.4) is 0 Å². The SMILES string of the molecule is CN(CC(N)=O)CC1CC(O)C1. The van der Waals surface area contributed by atoms with E-state index in [0.29, 0.717) is 12.5 Å². The Labute approximate surface area is 72.3 Å². The summed E-state index contributed by atoms with van der Waals surface area (Å²) in [5, 5.41) is 9.00. The monoisotopic (exact) mass is 172 g/mol. The van der Waals surface area contributed by atoms with Gasteiger partial charge in [0, 0.05) is 6.54 Å². The first-order valence-corrected chi connectivity index (χ1v) is 4.23. The molecule has 0 heterocycles. The van der Waals surface area contributed by atoms with Crippen molar-refractivity contribution in [1.29, 1.82) is 0 Å². The highest BCUT2D eigenvalue weighted by atomic mass is 16.3. The second-order valence-electron chi connectivity index (χ2n) is 3.65. The molecule has 0 aromatic carbocycles. The Bertz CT molecular complexity index is 166. The van der Waals surface area contributed by atoms with Crippen LogP contribution in [-0.2, 0) is 4.79 Å². The van der Waals surface area contributed by atoms with Crippen molar-refractivity contribution < 1.29 is 9.90 Å². The topological polar surface area (TPSA) is 66.6 Å². The highest BCUT2D eigenvalue weighted by Crippen LogP contribution is 2.27. The van der Waals surface area contributed by atoms with Crippen LogP contribution < -0.4 is 5.73 Å². The quantitative estimate of drug-likeness (QED) is 0.582. The number of amides is 1. The molecule has 0 aliphatic heterocycles. The minimum absolute atomic E-state index is 0.114. The standard InChI is InChI=1S/C8H16N2O2/c1-10(5-8(9)12)4-6-2-7(11)3-6/h6-7,11H,2-5H2,1H3,(H2,9,12). The molecular formula is C8H16N2O2. The summed E-state index contributed by atoms with van der Waals surface area (Å²) in [6.07, 6.45) is 1.61. The van der Waals surface area contributed by atoms with Crippen molar-refractivity contribution in [2.75, 3.05) is 20.1 Å². The molecule has 0 bridgehead atoms. The van der Waals surface area contributed by atoms with Gasteiger partial charge in [0.05, 0.1) is 12.6 Å². The first-order valence-electron chi connectivity index (χ1n) is 4.23. The number of primary amides is 1. The Hall–Kier alpha value is -0.610. The lowest BCUT2D eigenvalue weighted by atomic mass is 9.82. The molecule has 1 fully saturated rings. The number of aliphatic hydroxyl groups is 1. The van der Waals surface area contributed by atoms with Gasteiger partial charge >= 0.3 is 0 Å². The van der Waals surface area contributed by atoms with Crippen molar-refractivity contribution >= 4 is 5.91 Å². The Kier molecular flexibility index (Phi) is 3.05. The van der Waals surface area contributed by atoms with E-state index in [4.69, 9.17) is 10.8 Å². The maximum atomic E-state index is 10.5. The highest BCUT2D eigenvalue weighted by Gasteiger charge is 2.27. The van der Waals surface area contributed by atoms with Crippen molar-refractivity contribution in [1.82, 2.24) is 4.90 Å². The largest absolute Gasteiger partial charge is 0.393 e. The van der Waals surface area contributed by atoms with Gasteiger partial charge in [0.15, 0.2) is 0 Å². The zero-order valence-corrected chi connectivity index (χ0v) is 7.36. The van der Waals surface area contributed by atoms with Gasteiger partial charge in [0.25, 0.3) is 0 Å². The normalized spacial score (nSPS) is 28.6. The van der Waals surface area contributed by atoms with Crippen LogP contribution in [0.25, 0.3) is 0 Å². The molecule has 4 heteroatoms. The van der Waals surface area contributed by atoms with Gasteiger partial charge in [-0.05, 0) is 25.8 Å². The Morgan fingerprint density at radius 1 is 1.67 bits per heavy atom. The number of carbonyl (C=O) groups is 1. The van der Waals surface area contributed by atoms with Gasteiger partial charge in [-0.2, -0.15) is 0 Å². The summed E-state index contributed by atoms with van der Waals surface area (Å²) >= 11 is 0. The number of likely N-dealkylation sites (N-methyl/N-ethyl adjacent to an activating group) is 1. The summed E-state index contributed by atoms with van der Waals surface area (Å²) in [5.41, 5.74) is 5.03. The van der Waals surface area contributed by atoms with Crippen LogP contribution in [0.2, 0.25) is 0 Å². The summed E-state index contributed by atoms with van der Waals surface area (Å²) in [7, 11) is 1.87. The van der Waals surface area contributed by atoms with Crippen molar-refractivity contribution in [2.24, 2.45) is 11.7 Å². The number of nitrogens with zero attached hydrogens (tertiary/aromatic N) is 1. The van der Waals surface area contributed by atoms with Crippen molar-refractivity contribution in [2.45, 2.75) is 18.9 Å². The molecule has 4 nitrogen and oxygen atoms in total. The van der Waals surface area contributed by atoms with E-state index in [1.807, 2.05) is 11.9 Å². The summed E-state index contributed by atoms with van der Waals surface area (Å²) in [5.74, 6) is 0.252. The van der Waals surface area contributed by atoms with Crippen molar-refractivity contribution in [3.63, 3.8) is 0 Å². The van der Waals surface area contributed by atoms with E-state index in [2.05, 4.69) is 0 Å². The third-order valence-electron chi connectivity index (χ3n) is 2.21. The van der Waals surface area contributed by atoms with Gasteiger partial charge in [-0.15, -0.1) is 0 Å². The average Bonchev–Trinajstić information content (AvgIpc) is 1.82. The van der Waals surface area contributed by atoms with Crippen LogP contribution >= 0.6 is 0 Å². The molecule has 1 aliphatic rings. The summed E-state index contributed by atoms with van der Waals surface area (Å²) in [6, 6.07) is 0. The Morgan fingerprint density at radius 2 is 2.25 bits per heavy atom. The first kappa shape index (κ1) is 9.48. The fourth-order valence-electron chi connectivity index (χ4n) is 1.62. The maximum absolute atomic E-state index is 10.5. The summed E-state index contributed by atoms with van der Waals surface area (Å²) in [6.45, 7) is 1.17. The van der Waals surface area contributed by atoms with E-state index in [1.54, 1.807) is 0 Å². The summed E-state index contributed by atoms with van der Waals surface area (Å²) < 4.78 is 0. The van der Waals surface area contributed by atoms with E-state index < -0.39 is 0 Å². The molecule has 70 valence electrons. The lowest BCUT2D eigenvalue weighted by molar-refractivity contribution is -0.119. The Morgan fingerprint density at radius 3 is 2.67 bits per heavy atom. The van der Waals surface area contributed by atoms with E-state index in [-0.39, 0.29) is 12.0 Å². The lowest BCUT2D eigenvalue weighted by Crippen LogP contribution is -2.40. The number of hydrogen-bond donors (Lipinski definition) is 2. The van der Waals surface area contributed by atoms with Crippen LogP contribution in [-0.4, -0.2) is 42.2 Å².